The van der Waals surface area contributed by atoms with Crippen molar-refractivity contribution in [3.8, 4) is 0 Å². The van der Waals surface area contributed by atoms with E-state index in [-0.39, 0.29) is 41.7 Å². The van der Waals surface area contributed by atoms with E-state index in [1.165, 1.54) is 32.4 Å². The van der Waals surface area contributed by atoms with Gasteiger partial charge in [0, 0.05) is 36.7 Å². The molecule has 0 saturated carbocycles. The summed E-state index contributed by atoms with van der Waals surface area (Å²) in [7, 11) is 2.79. The van der Waals surface area contributed by atoms with Crippen LogP contribution in [0.5, 0.6) is 0 Å². The maximum absolute atomic E-state index is 13.9. The molecule has 0 saturated heterocycles. The van der Waals surface area contributed by atoms with E-state index in [9.17, 15) is 38.4 Å². The Bertz CT molecular complexity index is 1700. The van der Waals surface area contributed by atoms with Gasteiger partial charge in [-0.2, -0.15) is 13.2 Å². The third-order valence-corrected chi connectivity index (χ3v) is 11.2. The number of methoxy groups -OCH3 is 2. The van der Waals surface area contributed by atoms with E-state index in [2.05, 4.69) is 5.16 Å². The lowest BCUT2D eigenvalue weighted by atomic mass is 9.79. The highest BCUT2D eigenvalue weighted by Crippen LogP contribution is 2.31. The number of hydrogen-bond donors (Lipinski definition) is 4. The number of oxime groups is 1. The molecule has 1 aliphatic rings. The first-order valence-electron chi connectivity index (χ1n) is 20.6. The number of nitrogens with zero attached hydrogens (tertiary/aromatic N) is 1. The van der Waals surface area contributed by atoms with Crippen LogP contribution in [0.1, 0.15) is 86.3 Å². The predicted octanol–water partition coefficient (Wildman–Crippen LogP) is 8.67. The van der Waals surface area contributed by atoms with E-state index in [0.717, 1.165) is 17.7 Å². The number of halogens is 3. The van der Waals surface area contributed by atoms with Crippen LogP contribution in [-0.2, 0) is 36.6 Å². The largest absolute Gasteiger partial charge is 0.490 e. The molecule has 10 nitrogen and oxygen atoms in total. The molecule has 0 amide bonds. The molecule has 1 aromatic carbocycles. The van der Waals surface area contributed by atoms with Gasteiger partial charge in [0.2, 0.25) is 5.76 Å². The third kappa shape index (κ3) is 15.8. The molecular formula is C47H68F3NO9. The molecule has 12 atom stereocenters. The number of ether oxygens (including phenoxy) is 3. The maximum Gasteiger partial charge on any atom is 0.416 e. The summed E-state index contributed by atoms with van der Waals surface area (Å²) in [6.45, 7) is 16.3. The summed E-state index contributed by atoms with van der Waals surface area (Å²) in [5.41, 5.74) is 1.47. The molecule has 0 radical (unpaired) electrons. The standard InChI is InChI=1S/C47H68F3NO9/c1-12-15-39(52)30(5)18-23-38(51-59-27-35-19-21-36(22-20-35)47(48,49)50)33(8)44(55)34(9)45-40(57-10)17-14-16-28(3)24-31(6)42(53)37(13-2)43(54)32(7)25-29(4)26-41(58-11)46(56)60-45/h12,14-23,25-26,30-34,37,39-40,42-45,52-55H,13,24,27H2,1-11H3/b15-12+,17-14+,23-18+,28-16+,29-25+,41-26-,51-38+. The van der Waals surface area contributed by atoms with Gasteiger partial charge in [-0.1, -0.05) is 113 Å². The van der Waals surface area contributed by atoms with Crippen LogP contribution in [0.2, 0.25) is 0 Å². The van der Waals surface area contributed by atoms with Crippen molar-refractivity contribution < 1.29 is 57.4 Å². The van der Waals surface area contributed by atoms with Crippen molar-refractivity contribution in [2.75, 3.05) is 14.2 Å². The molecular weight excluding hydrogens is 780 g/mol. The second kappa shape index (κ2) is 25.1. The van der Waals surface area contributed by atoms with E-state index in [1.807, 2.05) is 39.8 Å². The molecule has 1 heterocycles. The second-order valence-electron chi connectivity index (χ2n) is 16.0. The number of hydrogen-bond acceptors (Lipinski definition) is 10. The van der Waals surface area contributed by atoms with Crippen LogP contribution in [0.3, 0.4) is 0 Å². The van der Waals surface area contributed by atoms with Crippen LogP contribution in [0.15, 0.2) is 101 Å². The summed E-state index contributed by atoms with van der Waals surface area (Å²) >= 11 is 0. The van der Waals surface area contributed by atoms with Crippen molar-refractivity contribution in [2.24, 2.45) is 40.7 Å². The zero-order valence-corrected chi connectivity index (χ0v) is 37.0. The topological polar surface area (TPSA) is 147 Å². The average molecular weight is 848 g/mol. The van der Waals surface area contributed by atoms with Crippen molar-refractivity contribution in [3.63, 3.8) is 0 Å². The third-order valence-electron chi connectivity index (χ3n) is 11.2. The van der Waals surface area contributed by atoms with E-state index in [1.54, 1.807) is 71.1 Å². The summed E-state index contributed by atoms with van der Waals surface area (Å²) in [6.07, 6.45) is 6.35. The monoisotopic (exact) mass is 847 g/mol. The number of cyclic esters (lactones) is 1. The molecule has 0 fully saturated rings. The number of rotatable bonds is 14. The van der Waals surface area contributed by atoms with E-state index >= 15 is 0 Å². The van der Waals surface area contributed by atoms with Gasteiger partial charge in [-0.15, -0.1) is 0 Å². The Balaban J connectivity index is 2.62. The van der Waals surface area contributed by atoms with Crippen molar-refractivity contribution >= 4 is 11.7 Å². The first-order valence-corrected chi connectivity index (χ1v) is 20.6. The quantitative estimate of drug-likeness (QED) is 0.0625. The number of benzene rings is 1. The van der Waals surface area contributed by atoms with Crippen LogP contribution >= 0.6 is 0 Å². The number of carbonyl (C=O) groups is 1. The second-order valence-corrected chi connectivity index (χ2v) is 16.0. The summed E-state index contributed by atoms with van der Waals surface area (Å²) in [4.78, 5) is 19.5. The van der Waals surface area contributed by atoms with Crippen LogP contribution in [0, 0.1) is 35.5 Å². The summed E-state index contributed by atoms with van der Waals surface area (Å²) in [6, 6.07) is 4.50. The highest BCUT2D eigenvalue weighted by molar-refractivity contribution is 5.96. The van der Waals surface area contributed by atoms with Gasteiger partial charge in [0.1, 0.15) is 18.8 Å². The maximum atomic E-state index is 13.9. The summed E-state index contributed by atoms with van der Waals surface area (Å²) in [5, 5.41) is 49.5. The number of esters is 1. The van der Waals surface area contributed by atoms with Crippen LogP contribution in [-0.4, -0.2) is 83.0 Å². The number of aliphatic hydroxyl groups is 4. The fraction of sp³-hybridized carbons (Fsp3) is 0.574. The molecule has 336 valence electrons. The Morgan fingerprint density at radius 1 is 1.03 bits per heavy atom. The molecule has 60 heavy (non-hydrogen) atoms. The minimum Gasteiger partial charge on any atom is -0.490 e. The highest BCUT2D eigenvalue weighted by atomic mass is 19.4. The molecule has 13 heteroatoms. The van der Waals surface area contributed by atoms with Crippen molar-refractivity contribution in [1.29, 1.82) is 0 Å². The van der Waals surface area contributed by atoms with Gasteiger partial charge in [-0.3, -0.25) is 0 Å². The van der Waals surface area contributed by atoms with E-state index in [4.69, 9.17) is 19.0 Å². The Morgan fingerprint density at radius 3 is 2.25 bits per heavy atom. The number of alkyl halides is 3. The van der Waals surface area contributed by atoms with Crippen LogP contribution < -0.4 is 0 Å². The van der Waals surface area contributed by atoms with E-state index in [0.29, 0.717) is 24.0 Å². The lowest BCUT2D eigenvalue weighted by Gasteiger charge is -2.34. The normalized spacial score (nSPS) is 30.3. The predicted molar refractivity (Wildman–Crippen MR) is 228 cm³/mol. The van der Waals surface area contributed by atoms with Gasteiger partial charge in [0.15, 0.2) is 0 Å². The van der Waals surface area contributed by atoms with Crippen molar-refractivity contribution in [3.05, 3.63) is 107 Å². The molecule has 1 aliphatic heterocycles. The van der Waals surface area contributed by atoms with Crippen molar-refractivity contribution in [2.45, 2.75) is 125 Å². The number of carbonyl (C=O) groups excluding carboxylic acids is 1. The number of aliphatic hydroxyl groups excluding tert-OH is 4. The minimum absolute atomic E-state index is 0.128. The van der Waals surface area contributed by atoms with Gasteiger partial charge < -0.3 is 39.5 Å². The van der Waals surface area contributed by atoms with Crippen molar-refractivity contribution in [1.82, 2.24) is 0 Å². The molecule has 4 N–H and O–H groups in total. The Labute approximate surface area is 354 Å². The summed E-state index contributed by atoms with van der Waals surface area (Å²) < 4.78 is 56.9. The first kappa shape index (κ1) is 52.1. The van der Waals surface area contributed by atoms with Crippen LogP contribution in [0.25, 0.3) is 0 Å². The van der Waals surface area contributed by atoms with Gasteiger partial charge in [-0.25, -0.2) is 4.79 Å². The smallest absolute Gasteiger partial charge is 0.416 e. The molecule has 0 bridgehead atoms. The number of allylic oxidation sites excluding steroid dienone is 7. The fourth-order valence-corrected chi connectivity index (χ4v) is 7.27. The van der Waals surface area contributed by atoms with Crippen LogP contribution in [0.4, 0.5) is 13.2 Å². The molecule has 0 spiro atoms. The minimum atomic E-state index is -4.49. The molecule has 0 aromatic heterocycles. The Morgan fingerprint density at radius 2 is 1.68 bits per heavy atom. The van der Waals surface area contributed by atoms with Gasteiger partial charge >= 0.3 is 12.1 Å². The van der Waals surface area contributed by atoms with Gasteiger partial charge in [0.05, 0.1) is 42.8 Å². The first-order chi connectivity index (χ1) is 28.2. The zero-order valence-electron chi connectivity index (χ0n) is 37.0. The fourth-order valence-electron chi connectivity index (χ4n) is 7.27. The Kier molecular flexibility index (Phi) is 21.8. The average Bonchev–Trinajstić information content (AvgIpc) is 3.20. The Hall–Kier alpha value is -4.01. The summed E-state index contributed by atoms with van der Waals surface area (Å²) in [5.74, 6) is -3.83. The molecule has 1 aromatic rings. The SMILES string of the molecule is C/C=C/C(O)C(C)/C=C/C(=N\OCc1ccc(C(F)(F)F)cc1)C(C)C(O)C(C)C1OC(=O)/C(OC)=C/C(C)=C/C(C)C(O)C(CC)C(O)C(C)C/C(C)=C/C=C/C1OC. The van der Waals surface area contributed by atoms with Gasteiger partial charge in [0.25, 0.3) is 0 Å². The van der Waals surface area contributed by atoms with Gasteiger partial charge in [-0.05, 0) is 69.4 Å². The molecule has 0 aliphatic carbocycles. The zero-order chi connectivity index (χ0) is 45.3. The highest BCUT2D eigenvalue weighted by Gasteiger charge is 2.38. The lowest BCUT2D eigenvalue weighted by Crippen LogP contribution is -2.45. The molecule has 12 unspecified atom stereocenters. The van der Waals surface area contributed by atoms with E-state index < -0.39 is 66.2 Å². The molecule has 2 rings (SSSR count). The lowest BCUT2D eigenvalue weighted by molar-refractivity contribution is -0.161.